The molecule has 23 heavy (non-hydrogen) atoms. The minimum absolute atomic E-state index is 0.222. The normalized spacial score (nSPS) is 16.9. The van der Waals surface area contributed by atoms with Crippen molar-refractivity contribution in [1.29, 1.82) is 0 Å². The lowest BCUT2D eigenvalue weighted by molar-refractivity contribution is -0.119. The molecule has 2 rings (SSSR count). The quantitative estimate of drug-likeness (QED) is 0.891. The number of piperidine rings is 1. The Morgan fingerprint density at radius 2 is 1.96 bits per heavy atom. The van der Waals surface area contributed by atoms with Crippen molar-refractivity contribution in [1.82, 2.24) is 10.2 Å². The lowest BCUT2D eigenvalue weighted by Crippen LogP contribution is -2.45. The van der Waals surface area contributed by atoms with Crippen LogP contribution in [0.25, 0.3) is 0 Å². The highest BCUT2D eigenvalue weighted by Crippen LogP contribution is 2.21. The Labute approximate surface area is 133 Å². The smallest absolute Gasteiger partial charge is 0.317 e. The largest absolute Gasteiger partial charge is 0.370 e. The molecule has 0 spiro atoms. The summed E-state index contributed by atoms with van der Waals surface area (Å²) >= 11 is 0. The third-order valence-electron chi connectivity index (χ3n) is 4.18. The van der Waals surface area contributed by atoms with E-state index in [9.17, 15) is 18.4 Å². The van der Waals surface area contributed by atoms with Gasteiger partial charge in [0.1, 0.15) is 0 Å². The highest BCUT2D eigenvalue weighted by Gasteiger charge is 2.24. The lowest BCUT2D eigenvalue weighted by Gasteiger charge is -2.32. The molecule has 0 bridgehead atoms. The number of amides is 3. The Hall–Kier alpha value is -2.18. The highest BCUT2D eigenvalue weighted by molar-refractivity contribution is 5.75. The van der Waals surface area contributed by atoms with Crippen molar-refractivity contribution in [3.63, 3.8) is 0 Å². The molecule has 0 aromatic heterocycles. The van der Waals surface area contributed by atoms with Gasteiger partial charge in [0.25, 0.3) is 0 Å². The SMILES string of the molecule is C[C@@H](NC(=O)N1CCC(CC(N)=O)CC1)c1ccc(F)c(F)c1. The summed E-state index contributed by atoms with van der Waals surface area (Å²) in [7, 11) is 0. The molecule has 1 aromatic carbocycles. The van der Waals surface area contributed by atoms with Gasteiger partial charge in [0, 0.05) is 19.5 Å². The van der Waals surface area contributed by atoms with Crippen molar-refractivity contribution in [2.24, 2.45) is 11.7 Å². The van der Waals surface area contributed by atoms with Gasteiger partial charge in [0.05, 0.1) is 6.04 Å². The predicted octanol–water partition coefficient (Wildman–Crippen LogP) is 2.32. The van der Waals surface area contributed by atoms with Crippen molar-refractivity contribution >= 4 is 11.9 Å². The fourth-order valence-corrected chi connectivity index (χ4v) is 2.77. The summed E-state index contributed by atoms with van der Waals surface area (Å²) in [5.41, 5.74) is 5.68. The first-order valence-electron chi connectivity index (χ1n) is 7.65. The van der Waals surface area contributed by atoms with Crippen LogP contribution < -0.4 is 11.1 Å². The van der Waals surface area contributed by atoms with Gasteiger partial charge in [-0.1, -0.05) is 6.07 Å². The molecule has 0 unspecified atom stereocenters. The predicted molar refractivity (Wildman–Crippen MR) is 81.4 cm³/mol. The third-order valence-corrected chi connectivity index (χ3v) is 4.18. The number of nitrogens with two attached hydrogens (primary N) is 1. The van der Waals surface area contributed by atoms with E-state index in [0.717, 1.165) is 25.0 Å². The molecule has 126 valence electrons. The maximum Gasteiger partial charge on any atom is 0.317 e. The van der Waals surface area contributed by atoms with E-state index in [-0.39, 0.29) is 17.9 Å². The molecule has 1 saturated heterocycles. The molecule has 1 heterocycles. The average Bonchev–Trinajstić information content (AvgIpc) is 2.50. The number of nitrogens with zero attached hydrogens (tertiary/aromatic N) is 1. The standard InChI is InChI=1S/C16H21F2N3O2/c1-10(12-2-3-13(17)14(18)9-12)20-16(23)21-6-4-11(5-7-21)8-15(19)22/h2-3,9-11H,4-8H2,1H3,(H2,19,22)(H,20,23)/t10-/m1/s1. The van der Waals surface area contributed by atoms with E-state index >= 15 is 0 Å². The van der Waals surface area contributed by atoms with Crippen molar-refractivity contribution in [2.45, 2.75) is 32.2 Å². The molecular formula is C16H21F2N3O2. The lowest BCUT2D eigenvalue weighted by atomic mass is 9.93. The van der Waals surface area contributed by atoms with Crippen molar-refractivity contribution in [2.75, 3.05) is 13.1 Å². The van der Waals surface area contributed by atoms with E-state index in [0.29, 0.717) is 25.1 Å². The number of hydrogen-bond donors (Lipinski definition) is 2. The van der Waals surface area contributed by atoms with Gasteiger partial charge in [-0.05, 0) is 43.4 Å². The summed E-state index contributed by atoms with van der Waals surface area (Å²) in [6.45, 7) is 2.81. The van der Waals surface area contributed by atoms with Gasteiger partial charge in [-0.25, -0.2) is 13.6 Å². The Bertz CT molecular complexity index is 587. The van der Waals surface area contributed by atoms with Gasteiger partial charge in [-0.2, -0.15) is 0 Å². The maximum absolute atomic E-state index is 13.2. The zero-order valence-corrected chi connectivity index (χ0v) is 13.0. The van der Waals surface area contributed by atoms with E-state index in [1.807, 2.05) is 0 Å². The second kappa shape index (κ2) is 7.39. The molecule has 1 fully saturated rings. The molecule has 1 aliphatic rings. The number of carbonyl (C=O) groups is 2. The number of likely N-dealkylation sites (tertiary alicyclic amines) is 1. The number of rotatable bonds is 4. The van der Waals surface area contributed by atoms with Crippen LogP contribution in [-0.2, 0) is 4.79 Å². The first kappa shape index (κ1) is 17.2. The molecule has 0 aliphatic carbocycles. The molecule has 1 aromatic rings. The number of halogens is 2. The Morgan fingerprint density at radius 3 is 2.52 bits per heavy atom. The van der Waals surface area contributed by atoms with Crippen molar-refractivity contribution in [3.05, 3.63) is 35.4 Å². The van der Waals surface area contributed by atoms with Gasteiger partial charge >= 0.3 is 6.03 Å². The van der Waals surface area contributed by atoms with Gasteiger partial charge in [0.15, 0.2) is 11.6 Å². The summed E-state index contributed by atoms with van der Waals surface area (Å²) in [5, 5.41) is 2.77. The van der Waals surface area contributed by atoms with Gasteiger partial charge < -0.3 is 16.0 Å². The molecule has 7 heteroatoms. The fraction of sp³-hybridized carbons (Fsp3) is 0.500. The van der Waals surface area contributed by atoms with Crippen LogP contribution in [0, 0.1) is 17.6 Å². The molecule has 1 aliphatic heterocycles. The Morgan fingerprint density at radius 1 is 1.30 bits per heavy atom. The van der Waals surface area contributed by atoms with Crippen LogP contribution in [0.5, 0.6) is 0 Å². The number of carbonyl (C=O) groups excluding carboxylic acids is 2. The van der Waals surface area contributed by atoms with E-state index < -0.39 is 17.7 Å². The average molecular weight is 325 g/mol. The van der Waals surface area contributed by atoms with Gasteiger partial charge in [-0.15, -0.1) is 0 Å². The number of primary amides is 1. The zero-order chi connectivity index (χ0) is 17.0. The number of urea groups is 1. The second-order valence-corrected chi connectivity index (χ2v) is 5.95. The van der Waals surface area contributed by atoms with E-state index in [1.165, 1.54) is 6.07 Å². The first-order chi connectivity index (χ1) is 10.9. The Kier molecular flexibility index (Phi) is 5.52. The van der Waals surface area contributed by atoms with Crippen LogP contribution in [0.3, 0.4) is 0 Å². The Balaban J connectivity index is 1.87. The number of benzene rings is 1. The van der Waals surface area contributed by atoms with Crippen molar-refractivity contribution < 1.29 is 18.4 Å². The molecule has 5 nitrogen and oxygen atoms in total. The molecule has 0 saturated carbocycles. The van der Waals surface area contributed by atoms with Crippen LogP contribution in [0.15, 0.2) is 18.2 Å². The number of nitrogens with one attached hydrogen (secondary N) is 1. The summed E-state index contributed by atoms with van der Waals surface area (Å²) in [6, 6.07) is 2.89. The monoisotopic (exact) mass is 325 g/mol. The van der Waals surface area contributed by atoms with Gasteiger partial charge in [-0.3, -0.25) is 4.79 Å². The first-order valence-corrected chi connectivity index (χ1v) is 7.65. The molecular weight excluding hydrogens is 304 g/mol. The number of hydrogen-bond acceptors (Lipinski definition) is 2. The minimum Gasteiger partial charge on any atom is -0.370 e. The summed E-state index contributed by atoms with van der Waals surface area (Å²) in [4.78, 5) is 24.8. The second-order valence-electron chi connectivity index (χ2n) is 5.95. The van der Waals surface area contributed by atoms with E-state index in [4.69, 9.17) is 5.73 Å². The molecule has 0 radical (unpaired) electrons. The molecule has 1 atom stereocenters. The topological polar surface area (TPSA) is 75.4 Å². The maximum atomic E-state index is 13.2. The third kappa shape index (κ3) is 4.64. The summed E-state index contributed by atoms with van der Waals surface area (Å²) in [5.74, 6) is -1.94. The summed E-state index contributed by atoms with van der Waals surface area (Å²) in [6.07, 6.45) is 1.81. The highest BCUT2D eigenvalue weighted by atomic mass is 19.2. The van der Waals surface area contributed by atoms with Crippen LogP contribution in [-0.4, -0.2) is 29.9 Å². The van der Waals surface area contributed by atoms with Crippen LogP contribution in [0.2, 0.25) is 0 Å². The van der Waals surface area contributed by atoms with E-state index in [1.54, 1.807) is 11.8 Å². The van der Waals surface area contributed by atoms with Crippen LogP contribution in [0.1, 0.15) is 37.8 Å². The zero-order valence-electron chi connectivity index (χ0n) is 13.0. The minimum atomic E-state index is -0.934. The summed E-state index contributed by atoms with van der Waals surface area (Å²) < 4.78 is 26.2. The van der Waals surface area contributed by atoms with Crippen LogP contribution >= 0.6 is 0 Å². The van der Waals surface area contributed by atoms with Crippen molar-refractivity contribution in [3.8, 4) is 0 Å². The van der Waals surface area contributed by atoms with Gasteiger partial charge in [0.2, 0.25) is 5.91 Å². The fourth-order valence-electron chi connectivity index (χ4n) is 2.77. The molecule has 3 amide bonds. The van der Waals surface area contributed by atoms with Crippen LogP contribution in [0.4, 0.5) is 13.6 Å². The molecule has 3 N–H and O–H groups in total. The van der Waals surface area contributed by atoms with E-state index in [2.05, 4.69) is 5.32 Å².